The molecule has 0 aromatic heterocycles. The molecule has 0 saturated carbocycles. The van der Waals surface area contributed by atoms with Gasteiger partial charge in [0, 0.05) is 16.6 Å². The van der Waals surface area contributed by atoms with Crippen molar-refractivity contribution in [2.45, 2.75) is 13.0 Å². The summed E-state index contributed by atoms with van der Waals surface area (Å²) in [6, 6.07) is 2.68. The molecule has 0 fully saturated rings. The second kappa shape index (κ2) is 5.77. The summed E-state index contributed by atoms with van der Waals surface area (Å²) in [4.78, 5) is 22.9. The molecule has 1 atom stereocenters. The van der Waals surface area contributed by atoms with Crippen molar-refractivity contribution in [1.82, 2.24) is 4.90 Å². The summed E-state index contributed by atoms with van der Waals surface area (Å²) in [5.41, 5.74) is -0.0409. The maximum atomic E-state index is 13.6. The summed E-state index contributed by atoms with van der Waals surface area (Å²) in [6.45, 7) is 1.81. The number of nitrogens with zero attached hydrogens (tertiary/aromatic N) is 1. The van der Waals surface area contributed by atoms with Crippen molar-refractivity contribution in [1.29, 1.82) is 0 Å². The first kappa shape index (κ1) is 13.6. The molecule has 0 saturated heterocycles. The first-order chi connectivity index (χ1) is 8.01. The van der Waals surface area contributed by atoms with Gasteiger partial charge in [0.2, 0.25) is 6.41 Å². The van der Waals surface area contributed by atoms with Crippen molar-refractivity contribution in [3.05, 3.63) is 34.1 Å². The van der Waals surface area contributed by atoms with E-state index in [1.807, 2.05) is 0 Å². The van der Waals surface area contributed by atoms with E-state index >= 15 is 0 Å². The van der Waals surface area contributed by atoms with Crippen molar-refractivity contribution in [2.24, 2.45) is 0 Å². The number of rotatable bonds is 5. The minimum Gasteiger partial charge on any atom is -0.479 e. The molecule has 0 spiro atoms. The van der Waals surface area contributed by atoms with Crippen molar-refractivity contribution in [3.8, 4) is 0 Å². The summed E-state index contributed by atoms with van der Waals surface area (Å²) in [6.07, 6.45) is 0.402. The molecule has 0 aliphatic carbocycles. The molecule has 1 rings (SSSR count). The zero-order chi connectivity index (χ0) is 13.0. The maximum absolute atomic E-state index is 13.6. The average Bonchev–Trinajstić information content (AvgIpc) is 2.29. The summed E-state index contributed by atoms with van der Waals surface area (Å²) in [5, 5.41) is 9.09. The highest BCUT2D eigenvalue weighted by Crippen LogP contribution is 2.25. The van der Waals surface area contributed by atoms with Gasteiger partial charge in [-0.1, -0.05) is 15.9 Å². The topological polar surface area (TPSA) is 57.6 Å². The van der Waals surface area contributed by atoms with E-state index in [1.54, 1.807) is 6.92 Å². The Morgan fingerprint density at radius 2 is 2.29 bits per heavy atom. The molecule has 4 nitrogen and oxygen atoms in total. The van der Waals surface area contributed by atoms with Gasteiger partial charge < -0.3 is 10.0 Å². The molecule has 0 radical (unpaired) electrons. The minimum absolute atomic E-state index is 0.0409. The lowest BCUT2D eigenvalue weighted by Gasteiger charge is -2.24. The number of carboxylic acids is 1. The Morgan fingerprint density at radius 1 is 1.65 bits per heavy atom. The van der Waals surface area contributed by atoms with Crippen LogP contribution in [0.2, 0.25) is 0 Å². The van der Waals surface area contributed by atoms with Crippen LogP contribution in [0.1, 0.15) is 18.5 Å². The largest absolute Gasteiger partial charge is 0.479 e. The van der Waals surface area contributed by atoms with E-state index in [-0.39, 0.29) is 12.1 Å². The molecule has 1 amide bonds. The van der Waals surface area contributed by atoms with Gasteiger partial charge in [-0.3, -0.25) is 4.79 Å². The van der Waals surface area contributed by atoms with Gasteiger partial charge >= 0.3 is 5.97 Å². The molecule has 1 aromatic carbocycles. The highest BCUT2D eigenvalue weighted by atomic mass is 79.9. The number of amides is 1. The Bertz CT molecular complexity index is 439. The number of hydrogen-bond donors (Lipinski definition) is 1. The Labute approximate surface area is 106 Å². The fourth-order valence-electron chi connectivity index (χ4n) is 1.50. The number of halogens is 2. The quantitative estimate of drug-likeness (QED) is 0.848. The molecule has 0 heterocycles. The fourth-order valence-corrected chi connectivity index (χ4v) is 1.87. The summed E-state index contributed by atoms with van der Waals surface area (Å²) < 4.78 is 14.1. The predicted octanol–water partition coefficient (Wildman–Crippen LogP) is 2.19. The normalized spacial score (nSPS) is 11.9. The minimum atomic E-state index is -1.31. The van der Waals surface area contributed by atoms with Gasteiger partial charge in [-0.05, 0) is 25.1 Å². The first-order valence-electron chi connectivity index (χ1n) is 4.90. The molecule has 0 bridgehead atoms. The molecule has 1 N–H and O–H groups in total. The Balaban J connectivity index is 3.26. The Morgan fingerprint density at radius 3 is 2.76 bits per heavy atom. The predicted molar refractivity (Wildman–Crippen MR) is 62.9 cm³/mol. The lowest BCUT2D eigenvalue weighted by atomic mass is 10.1. The van der Waals surface area contributed by atoms with Crippen LogP contribution in [0.3, 0.4) is 0 Å². The van der Waals surface area contributed by atoms with Crippen LogP contribution in [0.5, 0.6) is 0 Å². The van der Waals surface area contributed by atoms with Crippen LogP contribution in [0, 0.1) is 5.82 Å². The highest BCUT2D eigenvalue weighted by Gasteiger charge is 2.28. The summed E-state index contributed by atoms with van der Waals surface area (Å²) in [7, 11) is 0. The van der Waals surface area contributed by atoms with E-state index in [1.165, 1.54) is 12.1 Å². The van der Waals surface area contributed by atoms with Gasteiger partial charge in [0.05, 0.1) is 0 Å². The lowest BCUT2D eigenvalue weighted by molar-refractivity contribution is -0.146. The first-order valence-corrected chi connectivity index (χ1v) is 5.69. The standard InChI is InChI=1S/C11H11BrFNO3/c1-2-14(6-15)10(11(16)17)8-5-7(12)3-4-9(8)13/h3-6,10H,2H2,1H3,(H,16,17). The van der Waals surface area contributed by atoms with Crippen LogP contribution in [0.15, 0.2) is 22.7 Å². The van der Waals surface area contributed by atoms with Crippen LogP contribution < -0.4 is 0 Å². The van der Waals surface area contributed by atoms with Crippen molar-refractivity contribution in [3.63, 3.8) is 0 Å². The monoisotopic (exact) mass is 303 g/mol. The number of carbonyl (C=O) groups is 2. The molecule has 6 heteroatoms. The van der Waals surface area contributed by atoms with Crippen LogP contribution in [-0.2, 0) is 9.59 Å². The van der Waals surface area contributed by atoms with E-state index in [9.17, 15) is 14.0 Å². The number of benzene rings is 1. The van der Waals surface area contributed by atoms with Gasteiger partial charge in [0.1, 0.15) is 5.82 Å². The molecule has 1 aromatic rings. The maximum Gasteiger partial charge on any atom is 0.331 e. The van der Waals surface area contributed by atoms with E-state index < -0.39 is 17.8 Å². The van der Waals surface area contributed by atoms with Crippen molar-refractivity contribution < 1.29 is 19.1 Å². The number of aliphatic carboxylic acids is 1. The van der Waals surface area contributed by atoms with E-state index in [2.05, 4.69) is 15.9 Å². The molecule has 92 valence electrons. The van der Waals surface area contributed by atoms with E-state index in [4.69, 9.17) is 5.11 Å². The van der Waals surface area contributed by atoms with Crippen LogP contribution in [0.4, 0.5) is 4.39 Å². The van der Waals surface area contributed by atoms with Crippen LogP contribution in [0.25, 0.3) is 0 Å². The van der Waals surface area contributed by atoms with E-state index in [0.29, 0.717) is 10.9 Å². The number of likely N-dealkylation sites (N-methyl/N-ethyl adjacent to an activating group) is 1. The van der Waals surface area contributed by atoms with Gasteiger partial charge in [0.25, 0.3) is 0 Å². The second-order valence-electron chi connectivity index (χ2n) is 3.34. The molecular weight excluding hydrogens is 293 g/mol. The van der Waals surface area contributed by atoms with Gasteiger partial charge in [0.15, 0.2) is 6.04 Å². The number of carbonyl (C=O) groups excluding carboxylic acids is 1. The third-order valence-corrected chi connectivity index (χ3v) is 2.81. The smallest absolute Gasteiger partial charge is 0.331 e. The Kier molecular flexibility index (Phi) is 4.62. The Hall–Kier alpha value is -1.43. The van der Waals surface area contributed by atoms with Crippen molar-refractivity contribution in [2.75, 3.05) is 6.54 Å². The van der Waals surface area contributed by atoms with Gasteiger partial charge in [-0.25, -0.2) is 9.18 Å². The highest BCUT2D eigenvalue weighted by molar-refractivity contribution is 9.10. The van der Waals surface area contributed by atoms with Crippen molar-refractivity contribution >= 4 is 28.3 Å². The third-order valence-electron chi connectivity index (χ3n) is 2.32. The van der Waals surface area contributed by atoms with Gasteiger partial charge in [-0.15, -0.1) is 0 Å². The molecule has 17 heavy (non-hydrogen) atoms. The van der Waals surface area contributed by atoms with Gasteiger partial charge in [-0.2, -0.15) is 0 Å². The van der Waals surface area contributed by atoms with Crippen LogP contribution >= 0.6 is 15.9 Å². The SMILES string of the molecule is CCN(C=O)C(C(=O)O)c1cc(Br)ccc1F. The summed E-state index contributed by atoms with van der Waals surface area (Å²) in [5.74, 6) is -1.92. The molecule has 0 aliphatic heterocycles. The molecular formula is C11H11BrFNO3. The average molecular weight is 304 g/mol. The second-order valence-corrected chi connectivity index (χ2v) is 4.26. The number of hydrogen-bond acceptors (Lipinski definition) is 2. The zero-order valence-electron chi connectivity index (χ0n) is 9.06. The zero-order valence-corrected chi connectivity index (χ0v) is 10.6. The van der Waals surface area contributed by atoms with E-state index in [0.717, 1.165) is 11.0 Å². The van der Waals surface area contributed by atoms with Crippen LogP contribution in [-0.4, -0.2) is 28.9 Å². The fraction of sp³-hybridized carbons (Fsp3) is 0.273. The third kappa shape index (κ3) is 3.03. The molecule has 0 aliphatic rings. The summed E-state index contributed by atoms with van der Waals surface area (Å²) >= 11 is 3.14. The number of carboxylic acid groups (broad SMARTS) is 1. The molecule has 1 unspecified atom stereocenters. The lowest BCUT2D eigenvalue weighted by Crippen LogP contribution is -2.33.